The first-order valence-electron chi connectivity index (χ1n) is 15.1. The number of aliphatic hydroxyl groups is 1. The van der Waals surface area contributed by atoms with E-state index in [4.69, 9.17) is 23.9 Å². The van der Waals surface area contributed by atoms with Gasteiger partial charge in [-0.15, -0.1) is 0 Å². The van der Waals surface area contributed by atoms with Gasteiger partial charge in [-0.3, -0.25) is 14.5 Å². The molecule has 4 aromatic rings. The first-order valence-corrected chi connectivity index (χ1v) is 16.0. The Morgan fingerprint density at radius 1 is 1.02 bits per heavy atom. The SMILES string of the molecule is CCOc1cc([C@@H]2/C(=C(\O)c3ccc4c(c3)OCCO4)C(=O)C(=O)N2c2nc3c(C)cc(C)cc3s2)ccc1OCCC(C)C. The first kappa shape index (κ1) is 30.5. The summed E-state index contributed by atoms with van der Waals surface area (Å²) in [5.41, 5.74) is 3.65. The van der Waals surface area contributed by atoms with Gasteiger partial charge in [-0.25, -0.2) is 4.98 Å². The fraction of sp³-hybridized carbons (Fsp3) is 0.343. The highest BCUT2D eigenvalue weighted by Gasteiger charge is 2.48. The smallest absolute Gasteiger partial charge is 0.301 e. The minimum Gasteiger partial charge on any atom is -0.507 e. The van der Waals surface area contributed by atoms with Gasteiger partial charge in [0.1, 0.15) is 19.0 Å². The molecule has 45 heavy (non-hydrogen) atoms. The van der Waals surface area contributed by atoms with E-state index in [0.29, 0.717) is 71.6 Å². The highest BCUT2D eigenvalue weighted by Crippen LogP contribution is 2.47. The number of aryl methyl sites for hydroxylation is 2. The summed E-state index contributed by atoms with van der Waals surface area (Å²) < 4.78 is 24.3. The molecule has 1 aromatic heterocycles. The number of nitrogens with zero attached hydrogens (tertiary/aromatic N) is 2. The van der Waals surface area contributed by atoms with Crippen molar-refractivity contribution in [3.63, 3.8) is 0 Å². The third-order valence-electron chi connectivity index (χ3n) is 7.82. The molecule has 1 fully saturated rings. The van der Waals surface area contributed by atoms with E-state index in [1.165, 1.54) is 16.2 Å². The number of hydrogen-bond acceptors (Lipinski definition) is 9. The van der Waals surface area contributed by atoms with Crippen LogP contribution >= 0.6 is 11.3 Å². The number of thiazole rings is 1. The minimum absolute atomic E-state index is 0.0558. The molecule has 2 aliphatic heterocycles. The highest BCUT2D eigenvalue weighted by molar-refractivity contribution is 7.22. The predicted octanol–water partition coefficient (Wildman–Crippen LogP) is 7.13. The maximum Gasteiger partial charge on any atom is 0.301 e. The van der Waals surface area contributed by atoms with E-state index in [2.05, 4.69) is 13.8 Å². The van der Waals surface area contributed by atoms with Crippen LogP contribution in [-0.2, 0) is 9.59 Å². The van der Waals surface area contributed by atoms with Crippen molar-refractivity contribution in [2.45, 2.75) is 47.1 Å². The zero-order chi connectivity index (χ0) is 31.8. The van der Waals surface area contributed by atoms with E-state index in [1.54, 1.807) is 36.4 Å². The monoisotopic (exact) mass is 628 g/mol. The van der Waals surface area contributed by atoms with Gasteiger partial charge in [-0.05, 0) is 86.2 Å². The molecule has 6 rings (SSSR count). The van der Waals surface area contributed by atoms with Gasteiger partial charge in [0, 0.05) is 5.56 Å². The van der Waals surface area contributed by atoms with E-state index < -0.39 is 17.7 Å². The number of carbonyl (C=O) groups excluding carboxylic acids is 2. The number of anilines is 1. The molecule has 3 heterocycles. The van der Waals surface area contributed by atoms with Crippen molar-refractivity contribution < 1.29 is 33.6 Å². The Labute approximate surface area is 266 Å². The lowest BCUT2D eigenvalue weighted by Crippen LogP contribution is -2.29. The summed E-state index contributed by atoms with van der Waals surface area (Å²) in [6.07, 6.45) is 0.875. The number of amides is 1. The van der Waals surface area contributed by atoms with Crippen LogP contribution in [0, 0.1) is 19.8 Å². The summed E-state index contributed by atoms with van der Waals surface area (Å²) in [5.74, 6) is 0.620. The summed E-state index contributed by atoms with van der Waals surface area (Å²) in [7, 11) is 0. The van der Waals surface area contributed by atoms with Crippen LogP contribution < -0.4 is 23.8 Å². The molecule has 1 amide bonds. The fourth-order valence-corrected chi connectivity index (χ4v) is 6.81. The van der Waals surface area contributed by atoms with Crippen LogP contribution in [0.5, 0.6) is 23.0 Å². The number of rotatable bonds is 9. The van der Waals surface area contributed by atoms with E-state index in [0.717, 1.165) is 27.8 Å². The molecule has 3 aromatic carbocycles. The fourth-order valence-electron chi connectivity index (χ4n) is 5.64. The van der Waals surface area contributed by atoms with Crippen molar-refractivity contribution in [3.05, 3.63) is 76.4 Å². The first-order chi connectivity index (χ1) is 21.7. The van der Waals surface area contributed by atoms with Crippen LogP contribution in [0.3, 0.4) is 0 Å². The van der Waals surface area contributed by atoms with E-state index in [9.17, 15) is 14.7 Å². The van der Waals surface area contributed by atoms with Gasteiger partial charge < -0.3 is 24.1 Å². The highest BCUT2D eigenvalue weighted by atomic mass is 32.1. The predicted molar refractivity (Wildman–Crippen MR) is 174 cm³/mol. The van der Waals surface area contributed by atoms with Gasteiger partial charge in [-0.1, -0.05) is 37.3 Å². The molecule has 0 unspecified atom stereocenters. The normalized spacial score (nSPS) is 17.4. The Kier molecular flexibility index (Phi) is 8.42. The lowest BCUT2D eigenvalue weighted by atomic mass is 9.95. The lowest BCUT2D eigenvalue weighted by molar-refractivity contribution is -0.132. The van der Waals surface area contributed by atoms with Crippen LogP contribution in [-0.4, -0.2) is 48.2 Å². The average molecular weight is 629 g/mol. The minimum atomic E-state index is -0.982. The second-order valence-corrected chi connectivity index (χ2v) is 12.6. The van der Waals surface area contributed by atoms with Crippen molar-refractivity contribution >= 4 is 44.1 Å². The molecule has 0 bridgehead atoms. The standard InChI is InChI=1S/C35H36N2O7S/c1-6-41-26-17-22(7-9-24(26)42-12-11-19(2)3)31-29(32(38)23-8-10-25-27(18-23)44-14-13-43-25)33(39)34(40)37(31)35-36-30-21(5)15-20(4)16-28(30)45-35/h7-10,15-19,31,38H,6,11-14H2,1-5H3/b32-29+/t31-/m1/s1. The van der Waals surface area contributed by atoms with Crippen molar-refractivity contribution in [1.82, 2.24) is 4.98 Å². The maximum absolute atomic E-state index is 13.9. The lowest BCUT2D eigenvalue weighted by Gasteiger charge is -2.24. The van der Waals surface area contributed by atoms with E-state index >= 15 is 0 Å². The number of Topliss-reactive ketones (excluding diaryl/α,β-unsaturated/α-hetero) is 1. The summed E-state index contributed by atoms with van der Waals surface area (Å²) >= 11 is 1.33. The molecule has 0 saturated carbocycles. The number of ketones is 1. The summed E-state index contributed by atoms with van der Waals surface area (Å²) in [5, 5.41) is 12.1. The summed E-state index contributed by atoms with van der Waals surface area (Å²) in [6, 6.07) is 13.4. The van der Waals surface area contributed by atoms with Crippen molar-refractivity contribution in [2.24, 2.45) is 5.92 Å². The van der Waals surface area contributed by atoms with Crippen LogP contribution in [0.25, 0.3) is 16.0 Å². The Bertz CT molecular complexity index is 1830. The number of aromatic nitrogens is 1. The molecule has 0 spiro atoms. The number of ether oxygens (including phenoxy) is 4. The Morgan fingerprint density at radius 2 is 1.80 bits per heavy atom. The molecule has 9 nitrogen and oxygen atoms in total. The second kappa shape index (κ2) is 12.4. The van der Waals surface area contributed by atoms with Gasteiger partial charge in [0.25, 0.3) is 5.78 Å². The second-order valence-electron chi connectivity index (χ2n) is 11.6. The summed E-state index contributed by atoms with van der Waals surface area (Å²) in [6.45, 7) is 11.8. The van der Waals surface area contributed by atoms with Gasteiger partial charge in [0.05, 0.1) is 35.0 Å². The molecule has 0 radical (unpaired) electrons. The third-order valence-corrected chi connectivity index (χ3v) is 8.82. The Morgan fingerprint density at radius 3 is 2.56 bits per heavy atom. The van der Waals surface area contributed by atoms with Gasteiger partial charge in [0.2, 0.25) is 0 Å². The average Bonchev–Trinajstić information content (AvgIpc) is 3.55. The summed E-state index contributed by atoms with van der Waals surface area (Å²) in [4.78, 5) is 33.9. The van der Waals surface area contributed by atoms with Crippen LogP contribution in [0.15, 0.2) is 54.1 Å². The number of hydrogen-bond donors (Lipinski definition) is 1. The zero-order valence-corrected chi connectivity index (χ0v) is 26.8. The van der Waals surface area contributed by atoms with Crippen molar-refractivity contribution in [3.8, 4) is 23.0 Å². The molecule has 1 N–H and O–H groups in total. The molecule has 0 aliphatic carbocycles. The van der Waals surface area contributed by atoms with Gasteiger partial charge in [-0.2, -0.15) is 0 Å². The molecule has 2 aliphatic rings. The van der Waals surface area contributed by atoms with Gasteiger partial charge in [0.15, 0.2) is 28.1 Å². The van der Waals surface area contributed by atoms with Gasteiger partial charge >= 0.3 is 5.91 Å². The molecular weight excluding hydrogens is 592 g/mol. The Balaban J connectivity index is 1.51. The number of aliphatic hydroxyl groups excluding tert-OH is 1. The zero-order valence-electron chi connectivity index (χ0n) is 26.0. The molecule has 1 saturated heterocycles. The largest absolute Gasteiger partial charge is 0.507 e. The Hall–Kier alpha value is -4.57. The topological polar surface area (TPSA) is 107 Å². The third kappa shape index (κ3) is 5.82. The molecule has 10 heteroatoms. The van der Waals surface area contributed by atoms with Crippen LogP contribution in [0.4, 0.5) is 5.13 Å². The number of fused-ring (bicyclic) bond motifs is 2. The van der Waals surface area contributed by atoms with Crippen molar-refractivity contribution in [1.29, 1.82) is 0 Å². The van der Waals surface area contributed by atoms with Crippen LogP contribution in [0.1, 0.15) is 55.5 Å². The molecular formula is C35H36N2O7S. The molecule has 1 atom stereocenters. The van der Waals surface area contributed by atoms with E-state index in [1.807, 2.05) is 32.9 Å². The maximum atomic E-state index is 13.9. The van der Waals surface area contributed by atoms with Crippen molar-refractivity contribution in [2.75, 3.05) is 31.3 Å². The molecule has 234 valence electrons. The quantitative estimate of drug-likeness (QED) is 0.118. The number of benzene rings is 3. The van der Waals surface area contributed by atoms with Crippen LogP contribution in [0.2, 0.25) is 0 Å². The number of carbonyl (C=O) groups is 2. The van der Waals surface area contributed by atoms with E-state index in [-0.39, 0.29) is 11.3 Å².